The highest BCUT2D eigenvalue weighted by molar-refractivity contribution is 6.46. The standard InChI is InChI=1S/C24H28N2O6/c1-15(2)32-13-7-12-26-21(17-8-5-6-11-25-17)20(23(28)24(26)29)22(27)16-9-10-18(30-3)19(14-16)31-4/h5-6,8-11,14-15,21,27H,7,12-13H2,1-4H3/b22-20-. The number of aromatic nitrogens is 1. The first-order chi connectivity index (χ1) is 15.4. The normalized spacial score (nSPS) is 17.8. The molecule has 1 saturated heterocycles. The predicted octanol–water partition coefficient (Wildman–Crippen LogP) is 3.34. The summed E-state index contributed by atoms with van der Waals surface area (Å²) in [6.07, 6.45) is 2.21. The summed E-state index contributed by atoms with van der Waals surface area (Å²) in [5.74, 6) is -0.840. The maximum atomic E-state index is 13.0. The number of aliphatic hydroxyl groups is 1. The molecule has 1 atom stereocenters. The summed E-state index contributed by atoms with van der Waals surface area (Å²) in [6.45, 7) is 4.61. The van der Waals surface area contributed by atoms with E-state index in [1.807, 2.05) is 13.8 Å². The minimum atomic E-state index is -0.802. The van der Waals surface area contributed by atoms with Crippen molar-refractivity contribution in [3.63, 3.8) is 0 Å². The topological polar surface area (TPSA) is 98.2 Å². The first-order valence-electron chi connectivity index (χ1n) is 10.4. The number of ketones is 1. The summed E-state index contributed by atoms with van der Waals surface area (Å²) in [4.78, 5) is 31.7. The molecule has 2 aromatic rings. The number of amides is 1. The Morgan fingerprint density at radius 1 is 1.12 bits per heavy atom. The van der Waals surface area contributed by atoms with Gasteiger partial charge in [0.1, 0.15) is 11.8 Å². The van der Waals surface area contributed by atoms with E-state index in [-0.39, 0.29) is 17.4 Å². The van der Waals surface area contributed by atoms with E-state index in [4.69, 9.17) is 14.2 Å². The van der Waals surface area contributed by atoms with Crippen molar-refractivity contribution in [3.8, 4) is 11.5 Å². The van der Waals surface area contributed by atoms with Gasteiger partial charge in [-0.15, -0.1) is 0 Å². The first kappa shape index (κ1) is 23.3. The number of ether oxygens (including phenoxy) is 3. The van der Waals surface area contributed by atoms with Gasteiger partial charge in [0.2, 0.25) is 0 Å². The molecule has 1 aromatic carbocycles. The van der Waals surface area contributed by atoms with Crippen LogP contribution in [0.4, 0.5) is 0 Å². The van der Waals surface area contributed by atoms with E-state index in [9.17, 15) is 14.7 Å². The molecular formula is C24H28N2O6. The Morgan fingerprint density at radius 3 is 2.50 bits per heavy atom. The summed E-state index contributed by atoms with van der Waals surface area (Å²) >= 11 is 0. The van der Waals surface area contributed by atoms with E-state index in [1.54, 1.807) is 42.6 Å². The van der Waals surface area contributed by atoms with Gasteiger partial charge in [-0.1, -0.05) is 6.07 Å². The third-order valence-corrected chi connectivity index (χ3v) is 5.16. The lowest BCUT2D eigenvalue weighted by Gasteiger charge is -2.24. The molecule has 1 unspecified atom stereocenters. The average Bonchev–Trinajstić information content (AvgIpc) is 3.06. The van der Waals surface area contributed by atoms with E-state index >= 15 is 0 Å². The number of methoxy groups -OCH3 is 2. The fourth-order valence-electron chi connectivity index (χ4n) is 3.65. The van der Waals surface area contributed by atoms with Crippen LogP contribution < -0.4 is 9.47 Å². The fourth-order valence-corrected chi connectivity index (χ4v) is 3.65. The third kappa shape index (κ3) is 4.75. The van der Waals surface area contributed by atoms with Crippen LogP contribution in [0.2, 0.25) is 0 Å². The quantitative estimate of drug-likeness (QED) is 0.276. The smallest absolute Gasteiger partial charge is 0.295 e. The number of nitrogens with zero attached hydrogens (tertiary/aromatic N) is 2. The van der Waals surface area contributed by atoms with Gasteiger partial charge in [-0.2, -0.15) is 0 Å². The van der Waals surface area contributed by atoms with Crippen molar-refractivity contribution >= 4 is 17.4 Å². The van der Waals surface area contributed by atoms with Crippen LogP contribution in [0.15, 0.2) is 48.2 Å². The zero-order chi connectivity index (χ0) is 23.3. The molecule has 0 saturated carbocycles. The van der Waals surface area contributed by atoms with Crippen LogP contribution in [0.1, 0.15) is 37.6 Å². The molecule has 0 aliphatic carbocycles. The van der Waals surface area contributed by atoms with E-state index in [2.05, 4.69) is 4.98 Å². The van der Waals surface area contributed by atoms with Crippen LogP contribution in [-0.2, 0) is 14.3 Å². The molecule has 170 valence electrons. The van der Waals surface area contributed by atoms with Crippen molar-refractivity contribution < 1.29 is 28.9 Å². The molecule has 1 N–H and O–H groups in total. The van der Waals surface area contributed by atoms with Gasteiger partial charge >= 0.3 is 0 Å². The lowest BCUT2D eigenvalue weighted by molar-refractivity contribution is -0.140. The molecule has 1 aliphatic rings. The number of pyridine rings is 1. The Bertz CT molecular complexity index is 1000. The molecule has 32 heavy (non-hydrogen) atoms. The highest BCUT2D eigenvalue weighted by Gasteiger charge is 2.46. The van der Waals surface area contributed by atoms with Gasteiger partial charge in [-0.05, 0) is 50.6 Å². The molecule has 8 heteroatoms. The van der Waals surface area contributed by atoms with Crippen molar-refractivity contribution in [1.29, 1.82) is 0 Å². The summed E-state index contributed by atoms with van der Waals surface area (Å²) in [5, 5.41) is 11.1. The predicted molar refractivity (Wildman–Crippen MR) is 118 cm³/mol. The molecular weight excluding hydrogens is 412 g/mol. The van der Waals surface area contributed by atoms with Crippen molar-refractivity contribution in [3.05, 3.63) is 59.4 Å². The minimum Gasteiger partial charge on any atom is -0.507 e. The monoisotopic (exact) mass is 440 g/mol. The van der Waals surface area contributed by atoms with Crippen LogP contribution in [0.25, 0.3) is 5.76 Å². The van der Waals surface area contributed by atoms with Crippen LogP contribution >= 0.6 is 0 Å². The zero-order valence-electron chi connectivity index (χ0n) is 18.7. The molecule has 0 bridgehead atoms. The Balaban J connectivity index is 2.04. The number of carbonyl (C=O) groups excluding carboxylic acids is 2. The number of hydrogen-bond acceptors (Lipinski definition) is 7. The van der Waals surface area contributed by atoms with Gasteiger partial charge in [0.05, 0.1) is 31.6 Å². The minimum absolute atomic E-state index is 0.00861. The van der Waals surface area contributed by atoms with Gasteiger partial charge in [0.25, 0.3) is 11.7 Å². The average molecular weight is 440 g/mol. The van der Waals surface area contributed by atoms with Crippen molar-refractivity contribution in [1.82, 2.24) is 9.88 Å². The van der Waals surface area contributed by atoms with Crippen LogP contribution in [0, 0.1) is 0 Å². The van der Waals surface area contributed by atoms with E-state index in [0.29, 0.717) is 42.3 Å². The number of carbonyl (C=O) groups is 2. The van der Waals surface area contributed by atoms with Crippen LogP contribution in [0.3, 0.4) is 0 Å². The number of benzene rings is 1. The van der Waals surface area contributed by atoms with Gasteiger partial charge in [-0.25, -0.2) is 0 Å². The zero-order valence-corrected chi connectivity index (χ0v) is 18.7. The van der Waals surface area contributed by atoms with E-state index in [0.717, 1.165) is 0 Å². The fraction of sp³-hybridized carbons (Fsp3) is 0.375. The second-order valence-electron chi connectivity index (χ2n) is 7.59. The lowest BCUT2D eigenvalue weighted by atomic mass is 9.98. The summed E-state index contributed by atoms with van der Waals surface area (Å²) in [6, 6.07) is 9.26. The van der Waals surface area contributed by atoms with Crippen molar-refractivity contribution in [2.24, 2.45) is 0 Å². The Morgan fingerprint density at radius 2 is 1.88 bits per heavy atom. The molecule has 3 rings (SSSR count). The lowest BCUT2D eigenvalue weighted by Crippen LogP contribution is -2.31. The molecule has 2 heterocycles. The SMILES string of the molecule is COc1ccc(/C(O)=C2/C(=O)C(=O)N(CCCOC(C)C)C2c2ccccn2)cc1OC. The van der Waals surface area contributed by atoms with Gasteiger partial charge < -0.3 is 24.2 Å². The number of aliphatic hydroxyl groups excluding tert-OH is 1. The molecule has 0 spiro atoms. The van der Waals surface area contributed by atoms with Crippen LogP contribution in [0.5, 0.6) is 11.5 Å². The highest BCUT2D eigenvalue weighted by Crippen LogP contribution is 2.40. The Hall–Kier alpha value is -3.39. The van der Waals surface area contributed by atoms with E-state index < -0.39 is 17.7 Å². The number of rotatable bonds is 9. The number of likely N-dealkylation sites (tertiary alicyclic amines) is 1. The van der Waals surface area contributed by atoms with Gasteiger partial charge in [-0.3, -0.25) is 14.6 Å². The third-order valence-electron chi connectivity index (χ3n) is 5.16. The number of Topliss-reactive ketones (excluding diaryl/α,β-unsaturated/α-hetero) is 1. The molecule has 8 nitrogen and oxygen atoms in total. The summed E-state index contributed by atoms with van der Waals surface area (Å²) in [5.41, 5.74) is 0.828. The summed E-state index contributed by atoms with van der Waals surface area (Å²) < 4.78 is 16.1. The second kappa shape index (κ2) is 10.3. The molecule has 0 radical (unpaired) electrons. The van der Waals surface area contributed by atoms with Crippen LogP contribution in [-0.4, -0.2) is 60.2 Å². The highest BCUT2D eigenvalue weighted by atomic mass is 16.5. The molecule has 1 aromatic heterocycles. The maximum Gasteiger partial charge on any atom is 0.295 e. The van der Waals surface area contributed by atoms with Crippen molar-refractivity contribution in [2.45, 2.75) is 32.4 Å². The molecule has 1 aliphatic heterocycles. The van der Waals surface area contributed by atoms with Gasteiger partial charge in [0.15, 0.2) is 11.5 Å². The first-order valence-corrected chi connectivity index (χ1v) is 10.4. The van der Waals surface area contributed by atoms with Gasteiger partial charge in [0, 0.05) is 24.9 Å². The largest absolute Gasteiger partial charge is 0.507 e. The van der Waals surface area contributed by atoms with Crippen molar-refractivity contribution in [2.75, 3.05) is 27.4 Å². The molecule has 1 amide bonds. The van der Waals surface area contributed by atoms with E-state index in [1.165, 1.54) is 19.1 Å². The Kier molecular flexibility index (Phi) is 7.48. The maximum absolute atomic E-state index is 13.0. The molecule has 1 fully saturated rings. The summed E-state index contributed by atoms with van der Waals surface area (Å²) in [7, 11) is 2.99. The Labute approximate surface area is 187 Å². The number of hydrogen-bond donors (Lipinski definition) is 1. The second-order valence-corrected chi connectivity index (χ2v) is 7.59.